The highest BCUT2D eigenvalue weighted by Crippen LogP contribution is 2.62. The zero-order chi connectivity index (χ0) is 76.3. The second-order valence-electron chi connectivity index (χ2n) is 33.3. The number of nitrogens with zero attached hydrogens (tertiary/aromatic N) is 12. The number of amides is 9. The molecule has 570 valence electrons. The number of primary amides is 3. The second kappa shape index (κ2) is 29.0. The highest BCUT2D eigenvalue weighted by atomic mass is 16.5. The van der Waals surface area contributed by atoms with Crippen LogP contribution < -0.4 is 49.1 Å². The van der Waals surface area contributed by atoms with Crippen LogP contribution in [0.15, 0.2) is 92.2 Å². The average molecular weight is 1470 g/mol. The molecule has 0 radical (unpaired) electrons. The van der Waals surface area contributed by atoms with Gasteiger partial charge in [0.25, 0.3) is 17.7 Å². The predicted molar refractivity (Wildman–Crippen MR) is 393 cm³/mol. The first-order valence-electron chi connectivity index (χ1n) is 37.4. The van der Waals surface area contributed by atoms with E-state index in [2.05, 4.69) is 67.2 Å². The Hall–Kier alpha value is -10.5. The Morgan fingerprint density at radius 1 is 0.477 bits per heavy atom. The van der Waals surface area contributed by atoms with Crippen LogP contribution in [-0.2, 0) is 28.7 Å². The van der Waals surface area contributed by atoms with Gasteiger partial charge in [-0.25, -0.2) is 32.9 Å². The van der Waals surface area contributed by atoms with E-state index >= 15 is 0 Å². The molecular weight excluding hydrogens is 1370 g/mol. The number of nitrogens with one attached hydrogen (secondary N) is 6. The quantitative estimate of drug-likeness (QED) is 0.0381. The molecule has 0 aliphatic heterocycles. The van der Waals surface area contributed by atoms with Crippen LogP contribution in [0.4, 0.5) is 4.79 Å². The Balaban J connectivity index is 0.000000142. The number of carbonyl (C=O) groups is 9. The van der Waals surface area contributed by atoms with Gasteiger partial charge in [0, 0.05) is 104 Å². The van der Waals surface area contributed by atoms with Crippen molar-refractivity contribution in [2.24, 2.45) is 97.5 Å². The van der Waals surface area contributed by atoms with Gasteiger partial charge in [-0.05, 0) is 222 Å². The molecule has 0 aromatic carbocycles. The molecule has 31 nitrogen and oxygen atoms in total. The topological polar surface area (TPSA) is 420 Å². The van der Waals surface area contributed by atoms with Crippen molar-refractivity contribution >= 4 is 72.0 Å². The number of ether oxygens (including phenoxy) is 1. The lowest BCUT2D eigenvalue weighted by molar-refractivity contribution is -0.145. The summed E-state index contributed by atoms with van der Waals surface area (Å²) in [4.78, 5) is 114. The zero-order valence-electron chi connectivity index (χ0n) is 62.3. The summed E-state index contributed by atoms with van der Waals surface area (Å²) in [7, 11) is 2.90. The molecule has 12 bridgehead atoms. The normalized spacial score (nSPS) is 29.1. The van der Waals surface area contributed by atoms with Crippen molar-refractivity contribution in [2.45, 2.75) is 168 Å². The number of methoxy groups -OCH3 is 1. The molecule has 12 aliphatic carbocycles. The van der Waals surface area contributed by atoms with Crippen molar-refractivity contribution in [3.05, 3.63) is 109 Å². The highest BCUT2D eigenvalue weighted by Gasteiger charge is 2.61. The minimum Gasteiger partial charge on any atom is -0.453 e. The van der Waals surface area contributed by atoms with Crippen LogP contribution in [0, 0.1) is 80.3 Å². The van der Waals surface area contributed by atoms with Gasteiger partial charge in [-0.15, -0.1) is 0 Å². The second-order valence-corrected chi connectivity index (χ2v) is 33.3. The standard InChI is InChI=1S/C26H35N7O3.C25H33N7O4.C25H33N7O3/c1-4-28-24(36)25(2,3)6-9-33-22(32-8-5-7-29-32)19(15-30-33)21(34)31-20-17-10-16-11-18(20)14-26(12-16,13-17)23(27)35;1-24(2,30-23(35)36-3)5-8-32-21(31-7-4-6-27-31)18(14-28-32)20(33)29-19-16-9-15-10-17(19)13-25(11-15,12-16)22(26)34;1-24(2,23(35)27-3)5-8-32-21(31-7-4-6-28-31)18(14-29-32)20(33)30-19-16-9-15-10-17(19)13-25(11-15,12-16)22(26)34/h5-9,15-18,20H,4,10-14H2,1-3H3,(H2,27,35)(H,28,36)(H,31,34);4-8,14-17,19H,9-13H2,1-3H3,(H2,26,34)(H,29,33)(H,30,35);4-8,14-17,19H,9-13H2,1-3H3,(H2,26,34)(H,27,35)(H,30,33)/b9-6+;2*8-5+. The smallest absolute Gasteiger partial charge is 0.407 e. The Kier molecular flexibility index (Phi) is 20.3. The van der Waals surface area contributed by atoms with Crippen LogP contribution >= 0.6 is 0 Å². The molecule has 107 heavy (non-hydrogen) atoms. The van der Waals surface area contributed by atoms with Crippen molar-refractivity contribution in [1.82, 2.24) is 90.6 Å². The van der Waals surface area contributed by atoms with E-state index in [0.717, 1.165) is 96.3 Å². The summed E-state index contributed by atoms with van der Waals surface area (Å²) in [6.07, 6.45) is 37.9. The summed E-state index contributed by atoms with van der Waals surface area (Å²) < 4.78 is 14.2. The van der Waals surface area contributed by atoms with Gasteiger partial charge in [0.2, 0.25) is 29.5 Å². The average Bonchev–Trinajstić information content (AvgIpc) is 1.47. The SMILES string of the molecule is CCNC(=O)C(C)(C)/C=C/n1ncc(C(=O)NC2C3CC4CC2CC(C(N)=O)(C4)C3)c1-n1cccn1.CNC(=O)C(C)(C)/C=C/n1ncc(C(=O)NC2C3CC4CC2CC(C(N)=O)(C4)C3)c1-n1cccn1.COC(=O)NC(C)(C)/C=C/n1ncc(C(=O)NC2C3CC4CC2CC(C(N)=O)(C4)C3)c1-n1cccn1. The summed E-state index contributed by atoms with van der Waals surface area (Å²) in [5.74, 6) is 3.12. The minimum atomic E-state index is -0.763. The summed E-state index contributed by atoms with van der Waals surface area (Å²) in [5.41, 5.74) is 15.2. The summed E-state index contributed by atoms with van der Waals surface area (Å²) in [6.45, 7) is 13.3. The molecule has 0 spiro atoms. The van der Waals surface area contributed by atoms with E-state index in [9.17, 15) is 43.2 Å². The third-order valence-corrected chi connectivity index (χ3v) is 24.7. The molecule has 0 saturated heterocycles. The van der Waals surface area contributed by atoms with Crippen LogP contribution in [-0.4, -0.2) is 156 Å². The summed E-state index contributed by atoms with van der Waals surface area (Å²) in [6, 6.07) is 5.37. The Labute approximate surface area is 620 Å². The van der Waals surface area contributed by atoms with Crippen LogP contribution in [0.3, 0.4) is 0 Å². The molecule has 6 aromatic rings. The van der Waals surface area contributed by atoms with E-state index in [1.807, 2.05) is 34.6 Å². The van der Waals surface area contributed by atoms with Gasteiger partial charge < -0.3 is 53.8 Å². The maximum Gasteiger partial charge on any atom is 0.407 e. The van der Waals surface area contributed by atoms with Crippen molar-refractivity contribution in [3.8, 4) is 17.5 Å². The molecule has 12 saturated carbocycles. The Bertz CT molecular complexity index is 4410. The Morgan fingerprint density at radius 3 is 1.06 bits per heavy atom. The van der Waals surface area contributed by atoms with Crippen LogP contribution in [0.5, 0.6) is 0 Å². The van der Waals surface area contributed by atoms with Gasteiger partial charge in [0.15, 0.2) is 17.5 Å². The molecule has 6 unspecified atom stereocenters. The van der Waals surface area contributed by atoms with E-state index < -0.39 is 38.7 Å². The van der Waals surface area contributed by atoms with Crippen molar-refractivity contribution < 1.29 is 47.9 Å². The monoisotopic (exact) mass is 1470 g/mol. The fraction of sp³-hybridized carbons (Fsp3) is 0.566. The fourth-order valence-corrected chi connectivity index (χ4v) is 20.1. The number of alkyl carbamates (subject to hydrolysis) is 1. The van der Waals surface area contributed by atoms with Crippen molar-refractivity contribution in [3.63, 3.8) is 0 Å². The fourth-order valence-electron chi connectivity index (χ4n) is 20.1. The number of hydrogen-bond donors (Lipinski definition) is 9. The van der Waals surface area contributed by atoms with Gasteiger partial charge in [-0.2, -0.15) is 30.6 Å². The molecule has 6 atom stereocenters. The first-order valence-corrected chi connectivity index (χ1v) is 37.4. The number of hydrogen-bond acceptors (Lipinski definition) is 16. The van der Waals surface area contributed by atoms with Crippen molar-refractivity contribution in [1.29, 1.82) is 0 Å². The molecule has 6 heterocycles. The minimum absolute atomic E-state index is 0.00841. The maximum atomic E-state index is 13.6. The van der Waals surface area contributed by atoms with Gasteiger partial charge in [-0.3, -0.25) is 38.4 Å². The van der Waals surface area contributed by atoms with Crippen LogP contribution in [0.2, 0.25) is 0 Å². The molecule has 18 rings (SSSR count). The number of carbonyl (C=O) groups excluding carboxylic acids is 9. The largest absolute Gasteiger partial charge is 0.453 e. The van der Waals surface area contributed by atoms with Crippen molar-refractivity contribution in [2.75, 3.05) is 20.7 Å². The van der Waals surface area contributed by atoms with Gasteiger partial charge in [0.05, 0.1) is 42.1 Å². The third-order valence-electron chi connectivity index (χ3n) is 24.7. The molecule has 9 amide bonds. The molecule has 6 aromatic heterocycles. The van der Waals surface area contributed by atoms with E-state index in [1.165, 1.54) is 25.7 Å². The summed E-state index contributed by atoms with van der Waals surface area (Å²) >= 11 is 0. The first-order chi connectivity index (χ1) is 50.9. The number of rotatable bonds is 22. The summed E-state index contributed by atoms with van der Waals surface area (Å²) in [5, 5.41) is 44.3. The van der Waals surface area contributed by atoms with Crippen LogP contribution in [0.1, 0.15) is 176 Å². The molecular formula is C76H101N21O10. The van der Waals surface area contributed by atoms with E-state index in [4.69, 9.17) is 17.2 Å². The maximum absolute atomic E-state index is 13.6. The molecule has 12 fully saturated rings. The number of aromatic nitrogens is 12. The Morgan fingerprint density at radius 2 is 0.785 bits per heavy atom. The molecule has 12 aliphatic rings. The van der Waals surface area contributed by atoms with E-state index in [-0.39, 0.29) is 101 Å². The van der Waals surface area contributed by atoms with Gasteiger partial charge in [-0.1, -0.05) is 12.2 Å². The highest BCUT2D eigenvalue weighted by molar-refractivity contribution is 5.99. The molecule has 12 N–H and O–H groups in total. The van der Waals surface area contributed by atoms with Gasteiger partial charge in [0.1, 0.15) is 16.7 Å². The lowest BCUT2D eigenvalue weighted by Crippen LogP contribution is -2.62. The van der Waals surface area contributed by atoms with Gasteiger partial charge >= 0.3 is 6.09 Å². The lowest BCUT2D eigenvalue weighted by atomic mass is 9.47. The molecule has 31 heteroatoms. The lowest BCUT2D eigenvalue weighted by Gasteiger charge is -2.58. The van der Waals surface area contributed by atoms with E-state index in [1.54, 1.807) is 141 Å². The first kappa shape index (κ1) is 74.8. The van der Waals surface area contributed by atoms with E-state index in [0.29, 0.717) is 58.4 Å². The third kappa shape index (κ3) is 14.7. The van der Waals surface area contributed by atoms with Crippen LogP contribution in [0.25, 0.3) is 36.1 Å². The number of nitrogens with two attached hydrogens (primary N) is 3. The predicted octanol–water partition coefficient (Wildman–Crippen LogP) is 5.92. The zero-order valence-corrected chi connectivity index (χ0v) is 62.3.